The third kappa shape index (κ3) is 1.46. The van der Waals surface area contributed by atoms with Crippen molar-refractivity contribution in [2.75, 3.05) is 13.1 Å². The molecule has 1 unspecified atom stereocenters. The first-order valence-corrected chi connectivity index (χ1v) is 4.80. The topological polar surface area (TPSA) is 47.6 Å². The molecular formula is C9H16N2O. The van der Waals surface area contributed by atoms with Crippen LogP contribution in [0.25, 0.3) is 0 Å². The Balaban J connectivity index is 1.85. The minimum absolute atomic E-state index is 0.353. The normalized spacial score (nSPS) is 30.4. The van der Waals surface area contributed by atoms with E-state index < -0.39 is 0 Å². The summed E-state index contributed by atoms with van der Waals surface area (Å²) in [6.07, 6.45) is 5.71. The highest BCUT2D eigenvalue weighted by Crippen LogP contribution is 2.30. The van der Waals surface area contributed by atoms with Crippen molar-refractivity contribution in [3.63, 3.8) is 0 Å². The number of nitrogens with zero attached hydrogens (tertiary/aromatic N) is 1. The molecule has 1 aliphatic heterocycles. The molecule has 0 aromatic carbocycles. The molecule has 3 nitrogen and oxygen atoms in total. The zero-order valence-electron chi connectivity index (χ0n) is 7.33. The number of aliphatic imine (C=N–C) groups is 1. The van der Waals surface area contributed by atoms with Crippen molar-refractivity contribution in [3.8, 4) is 0 Å². The second-order valence-corrected chi connectivity index (χ2v) is 3.64. The minimum atomic E-state index is 0.353. The zero-order valence-corrected chi connectivity index (χ0v) is 7.33. The number of rotatable bonds is 2. The quantitative estimate of drug-likeness (QED) is 0.667. The van der Waals surface area contributed by atoms with E-state index in [1.165, 1.54) is 25.7 Å². The Labute approximate surface area is 73.0 Å². The molecule has 1 heterocycles. The van der Waals surface area contributed by atoms with Crippen LogP contribution < -0.4 is 5.73 Å². The second kappa shape index (κ2) is 3.44. The van der Waals surface area contributed by atoms with Crippen molar-refractivity contribution in [2.45, 2.75) is 31.8 Å². The van der Waals surface area contributed by atoms with Crippen LogP contribution in [0.15, 0.2) is 4.99 Å². The van der Waals surface area contributed by atoms with E-state index in [9.17, 15) is 0 Å². The van der Waals surface area contributed by atoms with Crippen LogP contribution in [-0.4, -0.2) is 25.1 Å². The first-order chi connectivity index (χ1) is 5.90. The van der Waals surface area contributed by atoms with Gasteiger partial charge in [-0.1, -0.05) is 12.8 Å². The van der Waals surface area contributed by atoms with Crippen LogP contribution in [0, 0.1) is 5.92 Å². The predicted molar refractivity (Wildman–Crippen MR) is 48.2 cm³/mol. The molecule has 68 valence electrons. The molecule has 1 fully saturated rings. The molecule has 3 heteroatoms. The second-order valence-electron chi connectivity index (χ2n) is 3.64. The predicted octanol–water partition coefficient (Wildman–Crippen LogP) is 0.933. The number of nitrogens with two attached hydrogens (primary N) is 1. The zero-order chi connectivity index (χ0) is 8.39. The summed E-state index contributed by atoms with van der Waals surface area (Å²) in [5.41, 5.74) is 5.44. The van der Waals surface area contributed by atoms with E-state index in [0.29, 0.717) is 12.6 Å². The lowest BCUT2D eigenvalue weighted by Crippen LogP contribution is -2.24. The van der Waals surface area contributed by atoms with Crippen LogP contribution in [0.4, 0.5) is 0 Å². The molecule has 2 aliphatic rings. The van der Waals surface area contributed by atoms with Gasteiger partial charge in [-0.2, -0.15) is 0 Å². The number of ether oxygens (including phenoxy) is 1. The lowest BCUT2D eigenvalue weighted by atomic mass is 10.0. The summed E-state index contributed by atoms with van der Waals surface area (Å²) in [7, 11) is 0. The Morgan fingerprint density at radius 2 is 2.17 bits per heavy atom. The maximum Gasteiger partial charge on any atom is 0.197 e. The summed E-state index contributed by atoms with van der Waals surface area (Å²) < 4.78 is 5.62. The van der Waals surface area contributed by atoms with Crippen molar-refractivity contribution in [1.82, 2.24) is 0 Å². The summed E-state index contributed by atoms with van der Waals surface area (Å²) in [5.74, 6) is 1.50. The molecule has 0 saturated heterocycles. The van der Waals surface area contributed by atoms with Gasteiger partial charge in [0.2, 0.25) is 0 Å². The molecule has 0 radical (unpaired) electrons. The largest absolute Gasteiger partial charge is 0.474 e. The van der Waals surface area contributed by atoms with E-state index in [2.05, 4.69) is 4.99 Å². The summed E-state index contributed by atoms with van der Waals surface area (Å²) in [5, 5.41) is 0. The van der Waals surface area contributed by atoms with Gasteiger partial charge in [-0.25, -0.2) is 0 Å². The van der Waals surface area contributed by atoms with Gasteiger partial charge in [-0.3, -0.25) is 4.99 Å². The smallest absolute Gasteiger partial charge is 0.197 e. The Morgan fingerprint density at radius 1 is 1.42 bits per heavy atom. The van der Waals surface area contributed by atoms with Crippen molar-refractivity contribution >= 4 is 5.90 Å². The molecule has 1 saturated carbocycles. The van der Waals surface area contributed by atoms with Gasteiger partial charge in [-0.05, 0) is 18.8 Å². The van der Waals surface area contributed by atoms with Crippen molar-refractivity contribution in [1.29, 1.82) is 0 Å². The Hall–Kier alpha value is -0.570. The van der Waals surface area contributed by atoms with Crippen LogP contribution >= 0.6 is 0 Å². The van der Waals surface area contributed by atoms with Gasteiger partial charge in [-0.15, -0.1) is 0 Å². The van der Waals surface area contributed by atoms with Gasteiger partial charge >= 0.3 is 0 Å². The monoisotopic (exact) mass is 168 g/mol. The van der Waals surface area contributed by atoms with Crippen LogP contribution in [0.5, 0.6) is 0 Å². The van der Waals surface area contributed by atoms with Crippen molar-refractivity contribution in [3.05, 3.63) is 0 Å². The Kier molecular flexibility index (Phi) is 2.30. The van der Waals surface area contributed by atoms with Crippen molar-refractivity contribution < 1.29 is 4.74 Å². The summed E-state index contributed by atoms with van der Waals surface area (Å²) in [6, 6.07) is 0. The third-order valence-electron chi connectivity index (χ3n) is 2.84. The Bertz CT molecular complexity index is 185. The molecule has 2 rings (SSSR count). The minimum Gasteiger partial charge on any atom is -0.474 e. The van der Waals surface area contributed by atoms with Crippen molar-refractivity contribution in [2.24, 2.45) is 16.6 Å². The van der Waals surface area contributed by atoms with Gasteiger partial charge in [0.25, 0.3) is 0 Å². The first kappa shape index (κ1) is 8.05. The fraction of sp³-hybridized carbons (Fsp3) is 0.889. The van der Waals surface area contributed by atoms with Gasteiger partial charge in [0.05, 0.1) is 13.1 Å². The van der Waals surface area contributed by atoms with E-state index in [0.717, 1.165) is 18.4 Å². The molecule has 0 aromatic rings. The molecule has 12 heavy (non-hydrogen) atoms. The third-order valence-corrected chi connectivity index (χ3v) is 2.84. The molecule has 0 aromatic heterocycles. The number of hydrogen-bond donors (Lipinski definition) is 1. The average Bonchev–Trinajstić information content (AvgIpc) is 2.75. The highest BCUT2D eigenvalue weighted by atomic mass is 16.5. The molecule has 1 aliphatic carbocycles. The maximum atomic E-state index is 5.62. The summed E-state index contributed by atoms with van der Waals surface area (Å²) in [4.78, 5) is 4.25. The van der Waals surface area contributed by atoms with E-state index >= 15 is 0 Å². The van der Waals surface area contributed by atoms with Crippen LogP contribution in [-0.2, 0) is 4.74 Å². The average molecular weight is 168 g/mol. The number of hydrogen-bond acceptors (Lipinski definition) is 3. The fourth-order valence-corrected chi connectivity index (χ4v) is 2.13. The molecule has 1 atom stereocenters. The van der Waals surface area contributed by atoms with Gasteiger partial charge in [0, 0.05) is 0 Å². The van der Waals surface area contributed by atoms with Gasteiger partial charge in [0.1, 0.15) is 6.10 Å². The van der Waals surface area contributed by atoms with E-state index in [1.807, 2.05) is 0 Å². The Morgan fingerprint density at radius 3 is 2.75 bits per heavy atom. The van der Waals surface area contributed by atoms with E-state index in [-0.39, 0.29) is 0 Å². The first-order valence-electron chi connectivity index (χ1n) is 4.80. The molecule has 0 bridgehead atoms. The highest BCUT2D eigenvalue weighted by molar-refractivity contribution is 5.79. The standard InChI is InChI=1S/C9H16N2O/c10-5-9-11-6-8(12-9)7-3-1-2-4-7/h7-8H,1-6,10H2. The molecular weight excluding hydrogens is 152 g/mol. The van der Waals surface area contributed by atoms with Crippen LogP contribution in [0.3, 0.4) is 0 Å². The summed E-state index contributed by atoms with van der Waals surface area (Å²) >= 11 is 0. The molecule has 2 N–H and O–H groups in total. The maximum absolute atomic E-state index is 5.62. The van der Waals surface area contributed by atoms with E-state index in [4.69, 9.17) is 10.5 Å². The summed E-state index contributed by atoms with van der Waals surface area (Å²) in [6.45, 7) is 1.31. The molecule has 0 spiro atoms. The fourth-order valence-electron chi connectivity index (χ4n) is 2.13. The lowest BCUT2D eigenvalue weighted by molar-refractivity contribution is 0.152. The highest BCUT2D eigenvalue weighted by Gasteiger charge is 2.29. The van der Waals surface area contributed by atoms with E-state index in [1.54, 1.807) is 0 Å². The SMILES string of the molecule is NCC1=NCC(C2CCCC2)O1. The van der Waals surface area contributed by atoms with Crippen LogP contribution in [0.1, 0.15) is 25.7 Å². The van der Waals surface area contributed by atoms with Gasteiger partial charge in [0.15, 0.2) is 5.90 Å². The molecule has 0 amide bonds. The van der Waals surface area contributed by atoms with Crippen LogP contribution in [0.2, 0.25) is 0 Å². The lowest BCUT2D eigenvalue weighted by Gasteiger charge is -2.17. The van der Waals surface area contributed by atoms with Gasteiger partial charge < -0.3 is 10.5 Å².